The number of benzene rings is 2. The molecule has 4 rings (SSSR count). The van der Waals surface area contributed by atoms with Gasteiger partial charge >= 0.3 is 0 Å². The Hall–Kier alpha value is -2.35. The van der Waals surface area contributed by atoms with Crippen LogP contribution in [0, 0.1) is 5.92 Å². The van der Waals surface area contributed by atoms with Crippen LogP contribution in [-0.2, 0) is 4.79 Å². The van der Waals surface area contributed by atoms with Crippen molar-refractivity contribution in [1.29, 1.82) is 0 Å². The topological polar surface area (TPSA) is 20.3 Å². The first kappa shape index (κ1) is 15.2. The largest absolute Gasteiger partial charge is 0.330 e. The SMILES string of the molecule is CC(C)(C)N1C(=O)[C@H]2c3ccccc3C=C[C@H]2[C@@H]1c1ccccc1. The fourth-order valence-electron chi connectivity index (χ4n) is 4.29. The van der Waals surface area contributed by atoms with Crippen molar-refractivity contribution in [2.75, 3.05) is 0 Å². The Morgan fingerprint density at radius 2 is 1.58 bits per heavy atom. The second-order valence-corrected chi connectivity index (χ2v) is 7.78. The molecule has 2 nitrogen and oxygen atoms in total. The van der Waals surface area contributed by atoms with E-state index in [-0.39, 0.29) is 29.3 Å². The van der Waals surface area contributed by atoms with Gasteiger partial charge in [-0.15, -0.1) is 0 Å². The molecule has 0 bridgehead atoms. The number of carbonyl (C=O) groups is 1. The fraction of sp³-hybridized carbons (Fsp3) is 0.318. The minimum absolute atomic E-state index is 0.0735. The van der Waals surface area contributed by atoms with Gasteiger partial charge in [-0.25, -0.2) is 0 Å². The van der Waals surface area contributed by atoms with E-state index in [9.17, 15) is 4.79 Å². The van der Waals surface area contributed by atoms with Gasteiger partial charge in [0, 0.05) is 11.5 Å². The lowest BCUT2D eigenvalue weighted by atomic mass is 9.77. The van der Waals surface area contributed by atoms with Crippen LogP contribution >= 0.6 is 0 Å². The molecule has 1 saturated heterocycles. The van der Waals surface area contributed by atoms with Crippen molar-refractivity contribution in [3.8, 4) is 0 Å². The lowest BCUT2D eigenvalue weighted by Gasteiger charge is -2.38. The molecule has 24 heavy (non-hydrogen) atoms. The summed E-state index contributed by atoms with van der Waals surface area (Å²) >= 11 is 0. The van der Waals surface area contributed by atoms with E-state index in [2.05, 4.69) is 74.2 Å². The zero-order chi connectivity index (χ0) is 16.9. The molecule has 2 heteroatoms. The molecule has 2 aromatic rings. The number of carbonyl (C=O) groups excluding carboxylic acids is 1. The van der Waals surface area contributed by atoms with Crippen molar-refractivity contribution in [2.24, 2.45) is 5.92 Å². The minimum Gasteiger partial charge on any atom is -0.330 e. The van der Waals surface area contributed by atoms with Crippen LogP contribution in [0.1, 0.15) is 49.4 Å². The molecule has 1 amide bonds. The Labute approximate surface area is 143 Å². The van der Waals surface area contributed by atoms with Crippen LogP contribution in [0.4, 0.5) is 0 Å². The molecule has 2 aromatic carbocycles. The van der Waals surface area contributed by atoms with E-state index in [1.54, 1.807) is 0 Å². The number of hydrogen-bond acceptors (Lipinski definition) is 1. The fourth-order valence-corrected chi connectivity index (χ4v) is 4.29. The zero-order valence-corrected chi connectivity index (χ0v) is 14.4. The monoisotopic (exact) mass is 317 g/mol. The normalized spacial score (nSPS) is 25.5. The number of nitrogens with zero attached hydrogens (tertiary/aromatic N) is 1. The number of fused-ring (bicyclic) bond motifs is 3. The maximum absolute atomic E-state index is 13.4. The summed E-state index contributed by atoms with van der Waals surface area (Å²) in [4.78, 5) is 15.5. The lowest BCUT2D eigenvalue weighted by molar-refractivity contribution is -0.134. The zero-order valence-electron chi connectivity index (χ0n) is 14.4. The summed E-state index contributed by atoms with van der Waals surface area (Å²) in [5.74, 6) is 0.364. The molecule has 1 aliphatic heterocycles. The van der Waals surface area contributed by atoms with E-state index < -0.39 is 0 Å². The first-order valence-electron chi connectivity index (χ1n) is 8.64. The van der Waals surface area contributed by atoms with Gasteiger partial charge in [0.15, 0.2) is 0 Å². The van der Waals surface area contributed by atoms with Crippen molar-refractivity contribution in [1.82, 2.24) is 4.90 Å². The third-order valence-electron chi connectivity index (χ3n) is 5.22. The molecule has 1 fully saturated rings. The third kappa shape index (κ3) is 2.21. The summed E-state index contributed by atoms with van der Waals surface area (Å²) < 4.78 is 0. The smallest absolute Gasteiger partial charge is 0.231 e. The van der Waals surface area contributed by atoms with Gasteiger partial charge < -0.3 is 4.90 Å². The molecule has 0 spiro atoms. The number of hydrogen-bond donors (Lipinski definition) is 0. The van der Waals surface area contributed by atoms with E-state index in [0.29, 0.717) is 0 Å². The highest BCUT2D eigenvalue weighted by Crippen LogP contribution is 2.52. The van der Waals surface area contributed by atoms with Gasteiger partial charge in [0.05, 0.1) is 12.0 Å². The molecular formula is C22H23NO. The molecule has 2 aliphatic rings. The van der Waals surface area contributed by atoms with Crippen molar-refractivity contribution in [3.05, 3.63) is 77.4 Å². The van der Waals surface area contributed by atoms with Gasteiger partial charge in [-0.05, 0) is 37.5 Å². The summed E-state index contributed by atoms with van der Waals surface area (Å²) in [7, 11) is 0. The van der Waals surface area contributed by atoms with E-state index in [1.807, 2.05) is 18.2 Å². The van der Waals surface area contributed by atoms with Crippen molar-refractivity contribution in [2.45, 2.75) is 38.3 Å². The second-order valence-electron chi connectivity index (χ2n) is 7.78. The predicted octanol–water partition coefficient (Wildman–Crippen LogP) is 4.80. The summed E-state index contributed by atoms with van der Waals surface area (Å²) in [6.45, 7) is 6.40. The maximum atomic E-state index is 13.4. The molecule has 0 radical (unpaired) electrons. The van der Waals surface area contributed by atoms with Crippen LogP contribution in [0.2, 0.25) is 0 Å². The first-order valence-corrected chi connectivity index (χ1v) is 8.64. The van der Waals surface area contributed by atoms with Crippen molar-refractivity contribution in [3.63, 3.8) is 0 Å². The van der Waals surface area contributed by atoms with Gasteiger partial charge in [0.1, 0.15) is 0 Å². The van der Waals surface area contributed by atoms with Gasteiger partial charge in [-0.1, -0.05) is 66.7 Å². The van der Waals surface area contributed by atoms with Gasteiger partial charge in [-0.2, -0.15) is 0 Å². The molecule has 0 saturated carbocycles. The van der Waals surface area contributed by atoms with Crippen LogP contribution in [-0.4, -0.2) is 16.3 Å². The highest BCUT2D eigenvalue weighted by atomic mass is 16.2. The minimum atomic E-state index is -0.211. The molecule has 122 valence electrons. The Morgan fingerprint density at radius 1 is 0.917 bits per heavy atom. The van der Waals surface area contributed by atoms with Crippen LogP contribution in [0.3, 0.4) is 0 Å². The average molecular weight is 317 g/mol. The third-order valence-corrected chi connectivity index (χ3v) is 5.22. The highest BCUT2D eigenvalue weighted by Gasteiger charge is 2.52. The van der Waals surface area contributed by atoms with E-state index >= 15 is 0 Å². The van der Waals surface area contributed by atoms with E-state index in [1.165, 1.54) is 16.7 Å². The molecule has 0 N–H and O–H groups in total. The number of rotatable bonds is 1. The summed E-state index contributed by atoms with van der Waals surface area (Å²) in [6.07, 6.45) is 4.43. The molecular weight excluding hydrogens is 294 g/mol. The lowest BCUT2D eigenvalue weighted by Crippen LogP contribution is -2.44. The van der Waals surface area contributed by atoms with Crippen LogP contribution in [0.5, 0.6) is 0 Å². The standard InChI is InChI=1S/C22H23NO/c1-22(2,3)23-20(16-10-5-4-6-11-16)18-14-13-15-9-7-8-12-17(15)19(18)21(23)24/h4-14,18-20H,1-3H3/t18-,19+,20+/m1/s1. The summed E-state index contributed by atoms with van der Waals surface area (Å²) in [5, 5.41) is 0. The molecule has 0 unspecified atom stereocenters. The molecule has 3 atom stereocenters. The molecule has 1 heterocycles. The Balaban J connectivity index is 1.89. The van der Waals surface area contributed by atoms with E-state index in [4.69, 9.17) is 0 Å². The predicted molar refractivity (Wildman–Crippen MR) is 97.5 cm³/mol. The van der Waals surface area contributed by atoms with Gasteiger partial charge in [0.2, 0.25) is 5.91 Å². The molecule has 1 aliphatic carbocycles. The maximum Gasteiger partial charge on any atom is 0.231 e. The summed E-state index contributed by atoms with van der Waals surface area (Å²) in [6, 6.07) is 18.8. The van der Waals surface area contributed by atoms with Crippen LogP contribution in [0.15, 0.2) is 60.7 Å². The first-order chi connectivity index (χ1) is 11.5. The average Bonchev–Trinajstić information content (AvgIpc) is 2.89. The highest BCUT2D eigenvalue weighted by molar-refractivity contribution is 5.90. The number of amides is 1. The van der Waals surface area contributed by atoms with E-state index in [0.717, 1.165) is 0 Å². The Bertz CT molecular complexity index is 800. The second kappa shape index (κ2) is 5.34. The van der Waals surface area contributed by atoms with Crippen LogP contribution in [0.25, 0.3) is 6.08 Å². The van der Waals surface area contributed by atoms with Gasteiger partial charge in [-0.3, -0.25) is 4.79 Å². The quantitative estimate of drug-likeness (QED) is 0.740. The summed E-state index contributed by atoms with van der Waals surface area (Å²) in [5.41, 5.74) is 3.35. The number of likely N-dealkylation sites (tertiary alicyclic amines) is 1. The van der Waals surface area contributed by atoms with Crippen molar-refractivity contribution >= 4 is 12.0 Å². The molecule has 0 aromatic heterocycles. The Morgan fingerprint density at radius 3 is 2.29 bits per heavy atom. The van der Waals surface area contributed by atoms with Crippen molar-refractivity contribution < 1.29 is 4.79 Å². The van der Waals surface area contributed by atoms with Crippen LogP contribution < -0.4 is 0 Å². The Kier molecular flexibility index (Phi) is 3.38. The van der Waals surface area contributed by atoms with Gasteiger partial charge in [0.25, 0.3) is 0 Å².